The fourth-order valence-corrected chi connectivity index (χ4v) is 3.78. The van der Waals surface area contributed by atoms with Crippen molar-refractivity contribution in [2.75, 3.05) is 13.1 Å². The van der Waals surface area contributed by atoms with E-state index in [-0.39, 0.29) is 11.9 Å². The molecule has 0 aromatic heterocycles. The summed E-state index contributed by atoms with van der Waals surface area (Å²) >= 11 is 3.45. The van der Waals surface area contributed by atoms with E-state index in [0.717, 1.165) is 16.6 Å². The van der Waals surface area contributed by atoms with Crippen molar-refractivity contribution in [1.29, 1.82) is 0 Å². The fraction of sp³-hybridized carbons (Fsp3) is 0.647. The molecule has 21 heavy (non-hydrogen) atoms. The van der Waals surface area contributed by atoms with E-state index in [4.69, 9.17) is 5.73 Å². The highest BCUT2D eigenvalue weighted by Gasteiger charge is 2.30. The number of hydrogen-bond donors (Lipinski definition) is 1. The van der Waals surface area contributed by atoms with Crippen molar-refractivity contribution in [3.05, 3.63) is 34.1 Å². The SMILES string of the molecule is CC(C)CN(C1CCCC1)C(CN)c1cc(Br)ccc1F. The molecule has 1 aromatic rings. The normalized spacial score (nSPS) is 17.9. The van der Waals surface area contributed by atoms with Crippen LogP contribution in [0.5, 0.6) is 0 Å². The molecule has 1 fully saturated rings. The standard InChI is InChI=1S/C17H26BrFN2/c1-12(2)11-21(14-5-3-4-6-14)17(10-20)15-9-13(18)7-8-16(15)19/h7-9,12,14,17H,3-6,10-11,20H2,1-2H3. The highest BCUT2D eigenvalue weighted by atomic mass is 79.9. The van der Waals surface area contributed by atoms with Crippen molar-refractivity contribution >= 4 is 15.9 Å². The molecule has 2 rings (SSSR count). The summed E-state index contributed by atoms with van der Waals surface area (Å²) in [5.41, 5.74) is 6.77. The van der Waals surface area contributed by atoms with Crippen molar-refractivity contribution in [2.45, 2.75) is 51.6 Å². The van der Waals surface area contributed by atoms with Gasteiger partial charge < -0.3 is 5.73 Å². The molecule has 0 amide bonds. The van der Waals surface area contributed by atoms with Gasteiger partial charge in [-0.15, -0.1) is 0 Å². The lowest BCUT2D eigenvalue weighted by Crippen LogP contribution is -2.42. The zero-order valence-electron chi connectivity index (χ0n) is 13.0. The van der Waals surface area contributed by atoms with Crippen LogP contribution in [0, 0.1) is 11.7 Å². The summed E-state index contributed by atoms with van der Waals surface area (Å²) in [5.74, 6) is 0.398. The van der Waals surface area contributed by atoms with Crippen LogP contribution in [0.4, 0.5) is 4.39 Å². The average molecular weight is 357 g/mol. The van der Waals surface area contributed by atoms with Crippen molar-refractivity contribution < 1.29 is 4.39 Å². The number of nitrogens with zero attached hydrogens (tertiary/aromatic N) is 1. The third-order valence-electron chi connectivity index (χ3n) is 4.31. The Hall–Kier alpha value is -0.450. The van der Waals surface area contributed by atoms with Gasteiger partial charge in [0.15, 0.2) is 0 Å². The predicted molar refractivity (Wildman–Crippen MR) is 89.7 cm³/mol. The zero-order chi connectivity index (χ0) is 15.4. The summed E-state index contributed by atoms with van der Waals surface area (Å²) in [6.45, 7) is 5.86. The second-order valence-corrected chi connectivity index (χ2v) is 7.36. The van der Waals surface area contributed by atoms with Crippen LogP contribution < -0.4 is 5.73 Å². The summed E-state index contributed by atoms with van der Waals surface area (Å²) in [6.07, 6.45) is 4.97. The van der Waals surface area contributed by atoms with Crippen molar-refractivity contribution in [3.8, 4) is 0 Å². The molecule has 118 valence electrons. The summed E-state index contributed by atoms with van der Waals surface area (Å²) < 4.78 is 15.2. The summed E-state index contributed by atoms with van der Waals surface area (Å²) in [6, 6.07) is 5.67. The molecule has 0 aliphatic heterocycles. The molecule has 2 N–H and O–H groups in total. The van der Waals surface area contributed by atoms with Crippen LogP contribution in [0.1, 0.15) is 51.1 Å². The van der Waals surface area contributed by atoms with E-state index < -0.39 is 0 Å². The van der Waals surface area contributed by atoms with Crippen LogP contribution in [-0.2, 0) is 0 Å². The Kier molecular flexibility index (Phi) is 6.20. The highest BCUT2D eigenvalue weighted by molar-refractivity contribution is 9.10. The van der Waals surface area contributed by atoms with E-state index in [1.807, 2.05) is 6.07 Å². The molecule has 0 spiro atoms. The Bertz CT molecular complexity index is 458. The van der Waals surface area contributed by atoms with Crippen molar-refractivity contribution in [3.63, 3.8) is 0 Å². The van der Waals surface area contributed by atoms with E-state index >= 15 is 0 Å². The lowest BCUT2D eigenvalue weighted by Gasteiger charge is -2.37. The smallest absolute Gasteiger partial charge is 0.128 e. The minimum Gasteiger partial charge on any atom is -0.329 e. The van der Waals surface area contributed by atoms with Crippen LogP contribution >= 0.6 is 15.9 Å². The Morgan fingerprint density at radius 2 is 2.00 bits per heavy atom. The fourth-order valence-electron chi connectivity index (χ4n) is 3.40. The second-order valence-electron chi connectivity index (χ2n) is 6.45. The van der Waals surface area contributed by atoms with Gasteiger partial charge in [0.1, 0.15) is 5.82 Å². The molecule has 4 heteroatoms. The molecule has 1 unspecified atom stereocenters. The van der Waals surface area contributed by atoms with Gasteiger partial charge in [0.2, 0.25) is 0 Å². The first kappa shape index (κ1) is 16.9. The third-order valence-corrected chi connectivity index (χ3v) is 4.80. The Labute approximate surface area is 136 Å². The molecule has 0 heterocycles. The summed E-state index contributed by atoms with van der Waals surface area (Å²) in [5, 5.41) is 0. The number of benzene rings is 1. The molecule has 1 aliphatic carbocycles. The molecular formula is C17H26BrFN2. The van der Waals surface area contributed by atoms with Gasteiger partial charge in [0.05, 0.1) is 6.04 Å². The third kappa shape index (κ3) is 4.27. The number of rotatable bonds is 6. The van der Waals surface area contributed by atoms with E-state index in [9.17, 15) is 4.39 Å². The number of nitrogens with two attached hydrogens (primary N) is 1. The molecule has 0 saturated heterocycles. The van der Waals surface area contributed by atoms with Gasteiger partial charge in [-0.05, 0) is 37.0 Å². The Morgan fingerprint density at radius 3 is 2.57 bits per heavy atom. The second kappa shape index (κ2) is 7.70. The van der Waals surface area contributed by atoms with Gasteiger partial charge >= 0.3 is 0 Å². The predicted octanol–water partition coefficient (Wildman–Crippen LogP) is 4.49. The van der Waals surface area contributed by atoms with Crippen LogP contribution in [0.25, 0.3) is 0 Å². The Balaban J connectivity index is 2.31. The maximum atomic E-state index is 14.3. The topological polar surface area (TPSA) is 29.3 Å². The first-order chi connectivity index (χ1) is 10.0. The molecule has 1 atom stereocenters. The van der Waals surface area contributed by atoms with E-state index in [2.05, 4.69) is 34.7 Å². The van der Waals surface area contributed by atoms with Crippen LogP contribution in [0.15, 0.2) is 22.7 Å². The summed E-state index contributed by atoms with van der Waals surface area (Å²) in [7, 11) is 0. The lowest BCUT2D eigenvalue weighted by molar-refractivity contribution is 0.119. The minimum absolute atomic E-state index is 0.0343. The highest BCUT2D eigenvalue weighted by Crippen LogP contribution is 2.33. The quantitative estimate of drug-likeness (QED) is 0.813. The van der Waals surface area contributed by atoms with Gasteiger partial charge in [0.25, 0.3) is 0 Å². The van der Waals surface area contributed by atoms with Crippen molar-refractivity contribution in [2.24, 2.45) is 11.7 Å². The molecule has 1 saturated carbocycles. The van der Waals surface area contributed by atoms with Gasteiger partial charge in [-0.1, -0.05) is 42.6 Å². The molecule has 0 bridgehead atoms. The first-order valence-corrected chi connectivity index (χ1v) is 8.73. The Morgan fingerprint density at radius 1 is 1.33 bits per heavy atom. The molecule has 0 radical (unpaired) electrons. The number of hydrogen-bond acceptors (Lipinski definition) is 2. The summed E-state index contributed by atoms with van der Waals surface area (Å²) in [4.78, 5) is 2.45. The molecule has 1 aromatic carbocycles. The van der Waals surface area contributed by atoms with E-state index in [1.165, 1.54) is 31.7 Å². The molecular weight excluding hydrogens is 331 g/mol. The largest absolute Gasteiger partial charge is 0.329 e. The van der Waals surface area contributed by atoms with Crippen LogP contribution in [0.2, 0.25) is 0 Å². The maximum absolute atomic E-state index is 14.3. The zero-order valence-corrected chi connectivity index (χ0v) is 14.6. The van der Waals surface area contributed by atoms with Gasteiger partial charge in [0, 0.05) is 29.2 Å². The molecule has 1 aliphatic rings. The van der Waals surface area contributed by atoms with E-state index in [0.29, 0.717) is 18.5 Å². The number of halogens is 2. The van der Waals surface area contributed by atoms with Crippen LogP contribution in [-0.4, -0.2) is 24.0 Å². The maximum Gasteiger partial charge on any atom is 0.128 e. The van der Waals surface area contributed by atoms with Gasteiger partial charge in [-0.3, -0.25) is 4.90 Å². The van der Waals surface area contributed by atoms with Gasteiger partial charge in [-0.2, -0.15) is 0 Å². The van der Waals surface area contributed by atoms with Crippen LogP contribution in [0.3, 0.4) is 0 Å². The average Bonchev–Trinajstić information content (AvgIpc) is 2.95. The van der Waals surface area contributed by atoms with E-state index in [1.54, 1.807) is 6.07 Å². The lowest BCUT2D eigenvalue weighted by atomic mass is 10.00. The van der Waals surface area contributed by atoms with Crippen molar-refractivity contribution in [1.82, 2.24) is 4.90 Å². The first-order valence-electron chi connectivity index (χ1n) is 7.93. The van der Waals surface area contributed by atoms with Gasteiger partial charge in [-0.25, -0.2) is 4.39 Å². The minimum atomic E-state index is -0.152. The monoisotopic (exact) mass is 356 g/mol. The molecule has 2 nitrogen and oxygen atoms in total.